The number of benzene rings is 1. The van der Waals surface area contributed by atoms with E-state index in [0.29, 0.717) is 0 Å². The molecule has 0 aliphatic carbocycles. The molecule has 0 saturated carbocycles. The average molecular weight is 272 g/mol. The van der Waals surface area contributed by atoms with Gasteiger partial charge in [0.15, 0.2) is 0 Å². The van der Waals surface area contributed by atoms with Gasteiger partial charge in [0.1, 0.15) is 0 Å². The van der Waals surface area contributed by atoms with Crippen LogP contribution in [0.3, 0.4) is 0 Å². The monoisotopic (exact) mass is 274 g/mol. The summed E-state index contributed by atoms with van der Waals surface area (Å²) in [6, 6.07) is 8.87. The molecule has 62 valence electrons. The number of fused-ring (bicyclic) bond motifs is 1. The van der Waals surface area contributed by atoms with Gasteiger partial charge in [0.05, 0.1) is 0 Å². The van der Waals surface area contributed by atoms with Gasteiger partial charge in [-0.15, -0.1) is 0 Å². The van der Waals surface area contributed by atoms with Crippen molar-refractivity contribution in [3.8, 4) is 0 Å². The van der Waals surface area contributed by atoms with Gasteiger partial charge < -0.3 is 0 Å². The Hall–Kier alpha value is -0.250. The number of rotatable bonds is 2. The van der Waals surface area contributed by atoms with Crippen molar-refractivity contribution in [3.63, 3.8) is 0 Å². The molecule has 2 aromatic rings. The molecule has 0 N–H and O–H groups in total. The predicted molar refractivity (Wildman–Crippen MR) is 54.9 cm³/mol. The minimum atomic E-state index is 0.0375. The van der Waals surface area contributed by atoms with Crippen LogP contribution in [-0.4, -0.2) is 20.4 Å². The van der Waals surface area contributed by atoms with E-state index in [2.05, 4.69) is 35.3 Å². The average Bonchev–Trinajstić information content (AvgIpc) is 2.50. The van der Waals surface area contributed by atoms with Crippen molar-refractivity contribution in [1.29, 1.82) is 0 Å². The van der Waals surface area contributed by atoms with Crippen LogP contribution in [0.2, 0.25) is 0 Å². The minimum absolute atomic E-state index is 0.0375. The molecule has 0 amide bonds. The van der Waals surface area contributed by atoms with E-state index in [-0.39, 0.29) is 20.4 Å². The summed E-state index contributed by atoms with van der Waals surface area (Å²) >= 11 is 0.0375. The molecule has 1 heteroatoms. The summed E-state index contributed by atoms with van der Waals surface area (Å²) in [5.41, 5.74) is 1.61. The quantitative estimate of drug-likeness (QED) is 0.737. The van der Waals surface area contributed by atoms with E-state index in [4.69, 9.17) is 0 Å². The van der Waals surface area contributed by atoms with E-state index in [1.165, 1.54) is 12.8 Å². The molecule has 0 aliphatic heterocycles. The second-order valence-electron chi connectivity index (χ2n) is 3.01. The van der Waals surface area contributed by atoms with Gasteiger partial charge in [-0.1, -0.05) is 0 Å². The van der Waals surface area contributed by atoms with Crippen molar-refractivity contribution in [2.45, 2.75) is 19.8 Å². The van der Waals surface area contributed by atoms with E-state index in [0.717, 1.165) is 0 Å². The molecule has 2 rings (SSSR count). The molecule has 1 aromatic carbocycles. The Labute approximate surface area is 82.8 Å². The first-order valence-electron chi connectivity index (χ1n) is 4.37. The molecule has 1 heterocycles. The molecule has 0 unspecified atom stereocenters. The van der Waals surface area contributed by atoms with Crippen LogP contribution >= 0.6 is 0 Å². The Kier molecular flexibility index (Phi) is 2.54. The van der Waals surface area contributed by atoms with Gasteiger partial charge in [0.25, 0.3) is 0 Å². The standard InChI is InChI=1S/C11H12Te/c1-2-5-9-8-12-11-7-4-3-6-10(9)11/h3-4,6-8H,2,5H2,1H3. The second-order valence-corrected chi connectivity index (χ2v) is 5.61. The van der Waals surface area contributed by atoms with Crippen LogP contribution in [0.4, 0.5) is 0 Å². The van der Waals surface area contributed by atoms with Gasteiger partial charge in [-0.25, -0.2) is 0 Å². The molecule has 0 atom stereocenters. The fourth-order valence-electron chi connectivity index (χ4n) is 1.50. The summed E-state index contributed by atoms with van der Waals surface area (Å²) in [7, 11) is 0. The van der Waals surface area contributed by atoms with Crippen molar-refractivity contribution < 1.29 is 0 Å². The molecule has 0 bridgehead atoms. The van der Waals surface area contributed by atoms with Crippen molar-refractivity contribution in [2.24, 2.45) is 0 Å². The molecule has 12 heavy (non-hydrogen) atoms. The maximum absolute atomic E-state index is 2.50. The van der Waals surface area contributed by atoms with Crippen molar-refractivity contribution in [3.05, 3.63) is 33.9 Å². The first-order valence-corrected chi connectivity index (χ1v) is 6.88. The zero-order valence-electron chi connectivity index (χ0n) is 7.21. The van der Waals surface area contributed by atoms with Gasteiger partial charge in [0.2, 0.25) is 0 Å². The Morgan fingerprint density at radius 1 is 1.25 bits per heavy atom. The second kappa shape index (κ2) is 3.64. The van der Waals surface area contributed by atoms with Crippen LogP contribution in [0, 0.1) is 0 Å². The Balaban J connectivity index is 2.55. The number of hydrogen-bond acceptors (Lipinski definition) is 0. The van der Waals surface area contributed by atoms with Gasteiger partial charge >= 0.3 is 82.9 Å². The first kappa shape index (κ1) is 8.35. The summed E-state index contributed by atoms with van der Waals surface area (Å²) in [5, 5.41) is 1.54. The third kappa shape index (κ3) is 1.44. The van der Waals surface area contributed by atoms with Crippen molar-refractivity contribution >= 4 is 29.2 Å². The molecule has 0 fully saturated rings. The Morgan fingerprint density at radius 2 is 2.08 bits per heavy atom. The molecule has 0 spiro atoms. The van der Waals surface area contributed by atoms with Crippen LogP contribution in [0.1, 0.15) is 18.9 Å². The van der Waals surface area contributed by atoms with E-state index >= 15 is 0 Å². The van der Waals surface area contributed by atoms with Crippen molar-refractivity contribution in [2.75, 3.05) is 0 Å². The third-order valence-corrected chi connectivity index (χ3v) is 4.97. The van der Waals surface area contributed by atoms with Crippen LogP contribution in [0.15, 0.2) is 28.3 Å². The molecule has 0 saturated heterocycles. The summed E-state index contributed by atoms with van der Waals surface area (Å²) in [6.07, 6.45) is 2.54. The topological polar surface area (TPSA) is 0 Å². The normalized spacial score (nSPS) is 10.8. The fraction of sp³-hybridized carbons (Fsp3) is 0.273. The van der Waals surface area contributed by atoms with Gasteiger partial charge in [-0.3, -0.25) is 0 Å². The van der Waals surface area contributed by atoms with E-state index in [1.807, 2.05) is 0 Å². The molecular weight excluding hydrogens is 260 g/mol. The predicted octanol–water partition coefficient (Wildman–Crippen LogP) is 2.85. The maximum atomic E-state index is 2.50. The summed E-state index contributed by atoms with van der Waals surface area (Å²) in [5.74, 6) is 0. The van der Waals surface area contributed by atoms with Gasteiger partial charge in [-0.05, 0) is 0 Å². The van der Waals surface area contributed by atoms with E-state index < -0.39 is 0 Å². The van der Waals surface area contributed by atoms with Crippen LogP contribution in [0.25, 0.3) is 8.79 Å². The Bertz CT molecular complexity index is 373. The van der Waals surface area contributed by atoms with E-state index in [1.54, 1.807) is 14.4 Å². The van der Waals surface area contributed by atoms with E-state index in [9.17, 15) is 0 Å². The molecular formula is C11H12Te. The Morgan fingerprint density at radius 3 is 2.92 bits per heavy atom. The molecule has 0 nitrogen and oxygen atoms in total. The van der Waals surface area contributed by atoms with Gasteiger partial charge in [-0.2, -0.15) is 0 Å². The first-order chi connectivity index (χ1) is 5.92. The third-order valence-electron chi connectivity index (χ3n) is 2.08. The van der Waals surface area contributed by atoms with Gasteiger partial charge in [0, 0.05) is 0 Å². The zero-order chi connectivity index (χ0) is 8.39. The molecule has 0 aliphatic rings. The molecule has 1 aromatic heterocycles. The van der Waals surface area contributed by atoms with Crippen LogP contribution in [0.5, 0.6) is 0 Å². The van der Waals surface area contributed by atoms with Crippen LogP contribution < -0.4 is 0 Å². The fourth-order valence-corrected chi connectivity index (χ4v) is 4.34. The summed E-state index contributed by atoms with van der Waals surface area (Å²) in [6.45, 7) is 2.25. The number of aryl methyl sites for hydroxylation is 1. The number of hydrogen-bond donors (Lipinski definition) is 0. The zero-order valence-corrected chi connectivity index (χ0v) is 9.54. The summed E-state index contributed by atoms with van der Waals surface area (Å²) in [4.78, 5) is 0. The van der Waals surface area contributed by atoms with Crippen molar-refractivity contribution in [1.82, 2.24) is 0 Å². The summed E-state index contributed by atoms with van der Waals surface area (Å²) < 4.78 is 4.13. The van der Waals surface area contributed by atoms with Crippen LogP contribution in [-0.2, 0) is 6.42 Å². The SMILES string of the molecule is CCCc1c[te]c2ccccc12. The molecule has 0 radical (unpaired) electrons.